The lowest BCUT2D eigenvalue weighted by Crippen LogP contribution is -1.89. The minimum absolute atomic E-state index is 0.653. The van der Waals surface area contributed by atoms with E-state index in [0.29, 0.717) is 12.2 Å². The maximum absolute atomic E-state index is 4.58. The number of nitrogens with zero attached hydrogens (tertiary/aromatic N) is 3. The van der Waals surface area contributed by atoms with Crippen LogP contribution in [0.15, 0.2) is 21.8 Å². The Kier molecular flexibility index (Phi) is 1.64. The van der Waals surface area contributed by atoms with Crippen LogP contribution in [0.25, 0.3) is 0 Å². The molecule has 0 aliphatic heterocycles. The molecule has 56 valence electrons. The van der Waals surface area contributed by atoms with Crippen molar-refractivity contribution in [3.63, 3.8) is 0 Å². The largest absolute Gasteiger partial charge is 0.343 e. The van der Waals surface area contributed by atoms with Crippen molar-refractivity contribution in [1.82, 2.24) is 15.1 Å². The minimum atomic E-state index is 0.653. The molecule has 2 rings (SSSR count). The van der Waals surface area contributed by atoms with E-state index in [0.717, 1.165) is 5.69 Å². The number of thiazole rings is 1. The van der Waals surface area contributed by atoms with Crippen molar-refractivity contribution in [2.45, 2.75) is 6.42 Å². The highest BCUT2D eigenvalue weighted by atomic mass is 32.1. The van der Waals surface area contributed by atoms with Crippen molar-refractivity contribution >= 4 is 11.3 Å². The maximum atomic E-state index is 4.58. The summed E-state index contributed by atoms with van der Waals surface area (Å²) in [7, 11) is 0. The van der Waals surface area contributed by atoms with Crippen LogP contribution in [-0.4, -0.2) is 15.1 Å². The molecule has 0 aromatic carbocycles. The van der Waals surface area contributed by atoms with E-state index in [4.69, 9.17) is 0 Å². The van der Waals surface area contributed by atoms with Crippen molar-refractivity contribution < 1.29 is 4.52 Å². The fourth-order valence-electron chi connectivity index (χ4n) is 0.757. The summed E-state index contributed by atoms with van der Waals surface area (Å²) in [5.74, 6) is 0.677. The van der Waals surface area contributed by atoms with Gasteiger partial charge < -0.3 is 4.52 Å². The molecule has 2 aromatic rings. The number of hydrogen-bond donors (Lipinski definition) is 0. The Balaban J connectivity index is 2.14. The van der Waals surface area contributed by atoms with E-state index in [1.54, 1.807) is 16.8 Å². The van der Waals surface area contributed by atoms with Crippen molar-refractivity contribution in [2.24, 2.45) is 0 Å². The molecule has 0 spiro atoms. The van der Waals surface area contributed by atoms with Gasteiger partial charge in [-0.3, -0.25) is 0 Å². The van der Waals surface area contributed by atoms with Crippen LogP contribution in [0.2, 0.25) is 0 Å². The molecular weight excluding hydrogens is 162 g/mol. The highest BCUT2D eigenvalue weighted by Gasteiger charge is 2.00. The lowest BCUT2D eigenvalue weighted by Gasteiger charge is -1.85. The van der Waals surface area contributed by atoms with Crippen molar-refractivity contribution in [1.29, 1.82) is 0 Å². The van der Waals surface area contributed by atoms with Gasteiger partial charge in [0.05, 0.1) is 17.6 Å². The zero-order valence-electron chi connectivity index (χ0n) is 5.60. The van der Waals surface area contributed by atoms with Crippen LogP contribution >= 0.6 is 11.3 Å². The predicted octanol–water partition coefficient (Wildman–Crippen LogP) is 1.12. The molecule has 0 saturated heterocycles. The Morgan fingerprint density at radius 1 is 1.45 bits per heavy atom. The number of aromatic nitrogens is 3. The molecule has 4 nitrogen and oxygen atoms in total. The molecule has 0 bridgehead atoms. The molecule has 0 radical (unpaired) electrons. The predicted molar refractivity (Wildman–Crippen MR) is 39.2 cm³/mol. The first-order valence-electron chi connectivity index (χ1n) is 3.07. The van der Waals surface area contributed by atoms with Crippen molar-refractivity contribution in [2.75, 3.05) is 0 Å². The van der Waals surface area contributed by atoms with Crippen LogP contribution in [0.3, 0.4) is 0 Å². The minimum Gasteiger partial charge on any atom is -0.343 e. The SMILES string of the molecule is c1nc(Cc2cscn2)no1. The van der Waals surface area contributed by atoms with Crippen LogP contribution in [0, 0.1) is 0 Å². The first-order valence-corrected chi connectivity index (χ1v) is 4.02. The average molecular weight is 167 g/mol. The molecule has 0 N–H and O–H groups in total. The topological polar surface area (TPSA) is 51.8 Å². The van der Waals surface area contributed by atoms with E-state index in [2.05, 4.69) is 19.6 Å². The Labute approximate surface area is 66.9 Å². The van der Waals surface area contributed by atoms with Crippen LogP contribution in [-0.2, 0) is 6.42 Å². The Hall–Kier alpha value is -1.23. The molecule has 0 aliphatic rings. The van der Waals surface area contributed by atoms with Gasteiger partial charge in [0.25, 0.3) is 0 Å². The van der Waals surface area contributed by atoms with Crippen LogP contribution in [0.5, 0.6) is 0 Å². The molecule has 0 atom stereocenters. The van der Waals surface area contributed by atoms with Crippen molar-refractivity contribution in [3.8, 4) is 0 Å². The molecule has 11 heavy (non-hydrogen) atoms. The zero-order valence-corrected chi connectivity index (χ0v) is 6.41. The van der Waals surface area contributed by atoms with E-state index >= 15 is 0 Å². The first kappa shape index (κ1) is 6.48. The molecule has 2 heterocycles. The lowest BCUT2D eigenvalue weighted by molar-refractivity contribution is 0.411. The maximum Gasteiger partial charge on any atom is 0.213 e. The second-order valence-electron chi connectivity index (χ2n) is 2.00. The molecule has 5 heteroatoms. The highest BCUT2D eigenvalue weighted by Crippen LogP contribution is 2.04. The number of rotatable bonds is 2. The van der Waals surface area contributed by atoms with Gasteiger partial charge in [-0.25, -0.2) is 4.98 Å². The summed E-state index contributed by atoms with van der Waals surface area (Å²) in [6, 6.07) is 0. The second-order valence-corrected chi connectivity index (χ2v) is 2.72. The van der Waals surface area contributed by atoms with Crippen LogP contribution in [0.1, 0.15) is 11.5 Å². The standard InChI is InChI=1S/C6H5N3OS/c1(5-2-11-4-8-5)6-7-3-10-9-6/h2-4H,1H2. The molecule has 0 unspecified atom stereocenters. The molecular formula is C6H5N3OS. The first-order chi connectivity index (χ1) is 5.45. The number of hydrogen-bond acceptors (Lipinski definition) is 5. The Bertz CT molecular complexity index is 270. The smallest absolute Gasteiger partial charge is 0.213 e. The van der Waals surface area contributed by atoms with Gasteiger partial charge in [0.1, 0.15) is 0 Å². The molecule has 2 aromatic heterocycles. The van der Waals surface area contributed by atoms with Gasteiger partial charge in [-0.05, 0) is 0 Å². The van der Waals surface area contributed by atoms with Crippen LogP contribution in [0.4, 0.5) is 0 Å². The summed E-state index contributed by atoms with van der Waals surface area (Å²) in [4.78, 5) is 7.97. The van der Waals surface area contributed by atoms with E-state index in [1.807, 2.05) is 5.38 Å². The Morgan fingerprint density at radius 2 is 2.45 bits per heavy atom. The van der Waals surface area contributed by atoms with E-state index in [9.17, 15) is 0 Å². The van der Waals surface area contributed by atoms with E-state index in [1.165, 1.54) is 6.39 Å². The third-order valence-electron chi connectivity index (χ3n) is 1.23. The molecule has 0 saturated carbocycles. The molecule has 0 aliphatic carbocycles. The summed E-state index contributed by atoms with van der Waals surface area (Å²) in [6.07, 6.45) is 1.97. The summed E-state index contributed by atoms with van der Waals surface area (Å²) in [5.41, 5.74) is 2.77. The third-order valence-corrected chi connectivity index (χ3v) is 1.86. The zero-order chi connectivity index (χ0) is 7.52. The second kappa shape index (κ2) is 2.79. The van der Waals surface area contributed by atoms with Gasteiger partial charge in [0.2, 0.25) is 6.39 Å². The van der Waals surface area contributed by atoms with Crippen LogP contribution < -0.4 is 0 Å². The average Bonchev–Trinajstić information content (AvgIpc) is 2.60. The van der Waals surface area contributed by atoms with E-state index < -0.39 is 0 Å². The normalized spacial score (nSPS) is 10.2. The lowest BCUT2D eigenvalue weighted by atomic mass is 10.3. The summed E-state index contributed by atoms with van der Waals surface area (Å²) in [6.45, 7) is 0. The molecule has 0 fully saturated rings. The van der Waals surface area contributed by atoms with Gasteiger partial charge >= 0.3 is 0 Å². The van der Waals surface area contributed by atoms with Gasteiger partial charge in [-0.15, -0.1) is 11.3 Å². The van der Waals surface area contributed by atoms with E-state index in [-0.39, 0.29) is 0 Å². The van der Waals surface area contributed by atoms with Crippen molar-refractivity contribution in [3.05, 3.63) is 28.8 Å². The van der Waals surface area contributed by atoms with Gasteiger partial charge in [-0.2, -0.15) is 4.98 Å². The van der Waals surface area contributed by atoms with Gasteiger partial charge in [-0.1, -0.05) is 5.16 Å². The fourth-order valence-corrected chi connectivity index (χ4v) is 1.32. The summed E-state index contributed by atoms with van der Waals surface area (Å²) < 4.78 is 4.58. The monoisotopic (exact) mass is 167 g/mol. The molecule has 0 amide bonds. The van der Waals surface area contributed by atoms with Gasteiger partial charge in [0, 0.05) is 5.38 Å². The fraction of sp³-hybridized carbons (Fsp3) is 0.167. The highest BCUT2D eigenvalue weighted by molar-refractivity contribution is 7.07. The summed E-state index contributed by atoms with van der Waals surface area (Å²) in [5, 5.41) is 5.64. The summed E-state index contributed by atoms with van der Waals surface area (Å²) >= 11 is 1.56. The van der Waals surface area contributed by atoms with Gasteiger partial charge in [0.15, 0.2) is 5.82 Å². The third kappa shape index (κ3) is 1.43. The quantitative estimate of drug-likeness (QED) is 0.672. The Morgan fingerprint density at radius 3 is 3.09 bits per heavy atom.